The third-order valence-electron chi connectivity index (χ3n) is 3.27. The lowest BCUT2D eigenvalue weighted by Crippen LogP contribution is -2.07. The van der Waals surface area contributed by atoms with Gasteiger partial charge >= 0.3 is 0 Å². The van der Waals surface area contributed by atoms with Crippen molar-refractivity contribution in [1.29, 1.82) is 0 Å². The summed E-state index contributed by atoms with van der Waals surface area (Å²) in [5.41, 5.74) is 0.843. The highest BCUT2D eigenvalue weighted by molar-refractivity contribution is 7.15. The zero-order valence-electron chi connectivity index (χ0n) is 12.3. The third kappa shape index (κ3) is 3.68. The Morgan fingerprint density at radius 2 is 1.74 bits per heavy atom. The average Bonchev–Trinajstić information content (AvgIpc) is 3.06. The van der Waals surface area contributed by atoms with Crippen molar-refractivity contribution in [3.63, 3.8) is 0 Å². The molecule has 0 amide bonds. The SMILES string of the molecule is C[C@H](Nc1ncccn1)c1cnc(-c2ccc(C(F)F)cc2)s1. The topological polar surface area (TPSA) is 50.7 Å². The predicted molar refractivity (Wildman–Crippen MR) is 86.6 cm³/mol. The molecule has 3 aromatic rings. The van der Waals surface area contributed by atoms with Crippen molar-refractivity contribution in [3.8, 4) is 10.6 Å². The van der Waals surface area contributed by atoms with E-state index >= 15 is 0 Å². The first-order chi connectivity index (χ1) is 11.1. The predicted octanol–water partition coefficient (Wildman–Crippen LogP) is 4.71. The van der Waals surface area contributed by atoms with E-state index in [1.54, 1.807) is 36.8 Å². The van der Waals surface area contributed by atoms with E-state index in [9.17, 15) is 8.78 Å². The lowest BCUT2D eigenvalue weighted by molar-refractivity contribution is 0.151. The van der Waals surface area contributed by atoms with Crippen molar-refractivity contribution >= 4 is 17.3 Å². The Bertz CT molecular complexity index is 759. The second-order valence-electron chi connectivity index (χ2n) is 4.93. The summed E-state index contributed by atoms with van der Waals surface area (Å²) in [5.74, 6) is 0.552. The molecule has 7 heteroatoms. The van der Waals surface area contributed by atoms with Crippen LogP contribution in [0, 0.1) is 0 Å². The van der Waals surface area contributed by atoms with Gasteiger partial charge in [-0.25, -0.2) is 23.7 Å². The fourth-order valence-electron chi connectivity index (χ4n) is 2.03. The molecule has 2 heterocycles. The van der Waals surface area contributed by atoms with Gasteiger partial charge in [0.05, 0.1) is 6.04 Å². The molecule has 1 atom stereocenters. The Balaban J connectivity index is 1.74. The maximum Gasteiger partial charge on any atom is 0.263 e. The summed E-state index contributed by atoms with van der Waals surface area (Å²) >= 11 is 1.51. The fourth-order valence-corrected chi connectivity index (χ4v) is 2.95. The molecule has 0 spiro atoms. The number of nitrogens with zero attached hydrogens (tertiary/aromatic N) is 3. The van der Waals surface area contributed by atoms with Crippen molar-refractivity contribution in [2.45, 2.75) is 19.4 Å². The summed E-state index contributed by atoms with van der Waals surface area (Å²) in [6.45, 7) is 1.99. The van der Waals surface area contributed by atoms with Crippen LogP contribution in [-0.2, 0) is 0 Å². The van der Waals surface area contributed by atoms with E-state index in [1.165, 1.54) is 23.5 Å². The Kier molecular flexibility index (Phi) is 4.57. The second-order valence-corrected chi connectivity index (χ2v) is 5.99. The lowest BCUT2D eigenvalue weighted by atomic mass is 10.1. The van der Waals surface area contributed by atoms with Crippen LogP contribution in [0.5, 0.6) is 0 Å². The van der Waals surface area contributed by atoms with Crippen LogP contribution in [0.25, 0.3) is 10.6 Å². The summed E-state index contributed by atoms with van der Waals surface area (Å²) < 4.78 is 25.2. The van der Waals surface area contributed by atoms with Crippen LogP contribution in [0.1, 0.15) is 29.8 Å². The molecule has 118 valence electrons. The van der Waals surface area contributed by atoms with Gasteiger partial charge in [0.2, 0.25) is 5.95 Å². The molecule has 4 nitrogen and oxygen atoms in total. The maximum absolute atomic E-state index is 12.6. The van der Waals surface area contributed by atoms with E-state index in [0.29, 0.717) is 5.95 Å². The minimum Gasteiger partial charge on any atom is -0.347 e. The molecule has 0 unspecified atom stereocenters. The lowest BCUT2D eigenvalue weighted by Gasteiger charge is -2.10. The Hall–Kier alpha value is -2.41. The van der Waals surface area contributed by atoms with Crippen LogP contribution in [-0.4, -0.2) is 15.0 Å². The summed E-state index contributed by atoms with van der Waals surface area (Å²) in [6.07, 6.45) is 2.67. The van der Waals surface area contributed by atoms with E-state index in [4.69, 9.17) is 0 Å². The molecule has 23 heavy (non-hydrogen) atoms. The van der Waals surface area contributed by atoms with Crippen molar-refractivity contribution < 1.29 is 8.78 Å². The highest BCUT2D eigenvalue weighted by Gasteiger charge is 2.13. The Morgan fingerprint density at radius 1 is 1.04 bits per heavy atom. The van der Waals surface area contributed by atoms with Gasteiger partial charge in [0.25, 0.3) is 6.43 Å². The van der Waals surface area contributed by atoms with Gasteiger partial charge in [-0.05, 0) is 13.0 Å². The van der Waals surface area contributed by atoms with E-state index in [-0.39, 0.29) is 11.6 Å². The van der Waals surface area contributed by atoms with E-state index in [1.807, 2.05) is 6.92 Å². The summed E-state index contributed by atoms with van der Waals surface area (Å²) in [6, 6.07) is 7.96. The molecule has 0 saturated heterocycles. The van der Waals surface area contributed by atoms with Gasteiger partial charge in [0.15, 0.2) is 0 Å². The van der Waals surface area contributed by atoms with Gasteiger partial charge in [-0.15, -0.1) is 11.3 Å². The fraction of sp³-hybridized carbons (Fsp3) is 0.188. The van der Waals surface area contributed by atoms with Gasteiger partial charge in [-0.1, -0.05) is 24.3 Å². The van der Waals surface area contributed by atoms with Crippen molar-refractivity contribution in [3.05, 3.63) is 59.4 Å². The number of rotatable bonds is 5. The highest BCUT2D eigenvalue weighted by Crippen LogP contribution is 2.31. The van der Waals surface area contributed by atoms with Crippen LogP contribution >= 0.6 is 11.3 Å². The first-order valence-electron chi connectivity index (χ1n) is 7.01. The maximum atomic E-state index is 12.6. The molecule has 0 bridgehead atoms. The normalized spacial score (nSPS) is 12.3. The van der Waals surface area contributed by atoms with Crippen molar-refractivity contribution in [1.82, 2.24) is 15.0 Å². The van der Waals surface area contributed by atoms with Crippen molar-refractivity contribution in [2.75, 3.05) is 5.32 Å². The van der Waals surface area contributed by atoms with Crippen LogP contribution in [0.3, 0.4) is 0 Å². The van der Waals surface area contributed by atoms with Gasteiger partial charge in [-0.2, -0.15) is 0 Å². The quantitative estimate of drug-likeness (QED) is 0.735. The average molecular weight is 332 g/mol. The molecule has 1 N–H and O–H groups in total. The Morgan fingerprint density at radius 3 is 2.39 bits per heavy atom. The van der Waals surface area contributed by atoms with Gasteiger partial charge in [0, 0.05) is 34.6 Å². The second kappa shape index (κ2) is 6.78. The number of aromatic nitrogens is 3. The summed E-state index contributed by atoms with van der Waals surface area (Å²) in [4.78, 5) is 13.6. The molecule has 0 fully saturated rings. The molecule has 1 aromatic carbocycles. The number of hydrogen-bond donors (Lipinski definition) is 1. The zero-order valence-corrected chi connectivity index (χ0v) is 13.1. The molecule has 0 aliphatic heterocycles. The minimum atomic E-state index is -2.45. The highest BCUT2D eigenvalue weighted by atomic mass is 32.1. The first kappa shape index (κ1) is 15.5. The zero-order chi connectivity index (χ0) is 16.2. The summed E-state index contributed by atoms with van der Waals surface area (Å²) in [5, 5.41) is 3.99. The first-order valence-corrected chi connectivity index (χ1v) is 7.83. The number of hydrogen-bond acceptors (Lipinski definition) is 5. The molecule has 2 aromatic heterocycles. The standard InChI is InChI=1S/C16H14F2N4S/c1-10(22-16-19-7-2-8-20-16)13-9-21-15(23-13)12-5-3-11(4-6-12)14(17)18/h2-10,14H,1H3,(H,19,20,22)/t10-/m0/s1. The van der Waals surface area contributed by atoms with Crippen molar-refractivity contribution in [2.24, 2.45) is 0 Å². The molecule has 3 rings (SSSR count). The molecule has 0 aliphatic rings. The summed E-state index contributed by atoms with van der Waals surface area (Å²) in [7, 11) is 0. The minimum absolute atomic E-state index is 0.00369. The number of alkyl halides is 2. The van der Waals surface area contributed by atoms with Crippen LogP contribution in [0.4, 0.5) is 14.7 Å². The smallest absolute Gasteiger partial charge is 0.263 e. The van der Waals surface area contributed by atoms with E-state index < -0.39 is 6.43 Å². The number of thiazole rings is 1. The van der Waals surface area contributed by atoms with E-state index in [0.717, 1.165) is 15.4 Å². The number of halogens is 2. The van der Waals surface area contributed by atoms with Gasteiger partial charge in [-0.3, -0.25) is 0 Å². The van der Waals surface area contributed by atoms with E-state index in [2.05, 4.69) is 20.3 Å². The van der Waals surface area contributed by atoms with Crippen LogP contribution in [0.15, 0.2) is 48.9 Å². The number of benzene rings is 1. The molecular weight excluding hydrogens is 318 g/mol. The Labute approximate surface area is 136 Å². The number of anilines is 1. The third-order valence-corrected chi connectivity index (χ3v) is 4.50. The van der Waals surface area contributed by atoms with Crippen LogP contribution < -0.4 is 5.32 Å². The van der Waals surface area contributed by atoms with Crippen LogP contribution in [0.2, 0.25) is 0 Å². The largest absolute Gasteiger partial charge is 0.347 e. The van der Waals surface area contributed by atoms with Gasteiger partial charge < -0.3 is 5.32 Å². The molecule has 0 radical (unpaired) electrons. The molecular formula is C16H14F2N4S. The molecule has 0 aliphatic carbocycles. The number of nitrogens with one attached hydrogen (secondary N) is 1. The van der Waals surface area contributed by atoms with Gasteiger partial charge in [0.1, 0.15) is 5.01 Å². The molecule has 0 saturated carbocycles. The monoisotopic (exact) mass is 332 g/mol.